The van der Waals surface area contributed by atoms with Crippen molar-refractivity contribution >= 4 is 41.4 Å². The highest BCUT2D eigenvalue weighted by molar-refractivity contribution is 7.81. The topological polar surface area (TPSA) is 35.5 Å². The van der Waals surface area contributed by atoms with Crippen LogP contribution < -0.4 is 0 Å². The average Bonchev–Trinajstić information content (AvgIpc) is 2.02. The van der Waals surface area contributed by atoms with E-state index in [1.165, 1.54) is 12.2 Å². The van der Waals surface area contributed by atoms with Gasteiger partial charge in [0.2, 0.25) is 0 Å². The minimum atomic E-state index is -3.77. The summed E-state index contributed by atoms with van der Waals surface area (Å²) in [7, 11) is 0. The standard InChI is InChI=1S/C6H8Cl3O3P/c1-3-5(7)11-13(9,10)12-6(8)4-2/h3-6H,1-2H2. The molecule has 0 N–H and O–H groups in total. The van der Waals surface area contributed by atoms with Gasteiger partial charge in [-0.05, 0) is 12.2 Å². The predicted octanol–water partition coefficient (Wildman–Crippen LogP) is 3.87. The fourth-order valence-corrected chi connectivity index (χ4v) is 2.44. The third kappa shape index (κ3) is 6.55. The van der Waals surface area contributed by atoms with Crippen LogP contribution in [0.3, 0.4) is 0 Å². The van der Waals surface area contributed by atoms with Gasteiger partial charge in [0, 0.05) is 11.2 Å². The van der Waals surface area contributed by atoms with E-state index in [0.29, 0.717) is 0 Å². The number of hydrogen-bond acceptors (Lipinski definition) is 3. The van der Waals surface area contributed by atoms with Gasteiger partial charge >= 0.3 is 6.95 Å². The van der Waals surface area contributed by atoms with E-state index in [4.69, 9.17) is 34.4 Å². The minimum absolute atomic E-state index is 0.989. The number of alkyl halides is 2. The molecule has 2 unspecified atom stereocenters. The minimum Gasteiger partial charge on any atom is -0.273 e. The molecule has 2 atom stereocenters. The molecule has 0 aliphatic heterocycles. The molecule has 3 nitrogen and oxygen atoms in total. The molecule has 0 radical (unpaired) electrons. The molecule has 13 heavy (non-hydrogen) atoms. The Kier molecular flexibility index (Phi) is 6.31. The highest BCUT2D eigenvalue weighted by atomic mass is 35.7. The van der Waals surface area contributed by atoms with E-state index < -0.39 is 18.1 Å². The summed E-state index contributed by atoms with van der Waals surface area (Å²) in [6, 6.07) is 0. The molecule has 76 valence electrons. The molecule has 0 aromatic rings. The maximum Gasteiger partial charge on any atom is 0.427 e. The van der Waals surface area contributed by atoms with Gasteiger partial charge in [0.25, 0.3) is 0 Å². The summed E-state index contributed by atoms with van der Waals surface area (Å²) in [6.45, 7) is 2.83. The Labute approximate surface area is 91.6 Å². The zero-order valence-corrected chi connectivity index (χ0v) is 9.69. The van der Waals surface area contributed by atoms with Gasteiger partial charge in [-0.3, -0.25) is 9.05 Å². The molecule has 0 heterocycles. The molecule has 0 bridgehead atoms. The van der Waals surface area contributed by atoms with Crippen LogP contribution in [0.2, 0.25) is 0 Å². The maximum atomic E-state index is 11.2. The molecule has 0 rings (SSSR count). The molecule has 0 spiro atoms. The van der Waals surface area contributed by atoms with Crippen LogP contribution in [-0.4, -0.2) is 11.1 Å². The van der Waals surface area contributed by atoms with E-state index in [1.807, 2.05) is 0 Å². The van der Waals surface area contributed by atoms with Crippen molar-refractivity contribution in [1.82, 2.24) is 0 Å². The molecule has 0 aliphatic carbocycles. The van der Waals surface area contributed by atoms with Crippen molar-refractivity contribution in [3.63, 3.8) is 0 Å². The Morgan fingerprint density at radius 3 is 1.69 bits per heavy atom. The zero-order chi connectivity index (χ0) is 10.5. The van der Waals surface area contributed by atoms with Gasteiger partial charge in [-0.2, -0.15) is 0 Å². The number of rotatable bonds is 6. The predicted molar refractivity (Wildman–Crippen MR) is 55.3 cm³/mol. The molecular weight excluding hydrogens is 257 g/mol. The third-order valence-electron chi connectivity index (χ3n) is 0.824. The van der Waals surface area contributed by atoms with E-state index in [-0.39, 0.29) is 0 Å². The molecule has 0 aromatic carbocycles. The molecular formula is C6H8Cl3O3P. The lowest BCUT2D eigenvalue weighted by Gasteiger charge is -2.14. The van der Waals surface area contributed by atoms with Crippen LogP contribution in [0.25, 0.3) is 0 Å². The second-order valence-corrected chi connectivity index (χ2v) is 5.20. The van der Waals surface area contributed by atoms with Crippen molar-refractivity contribution in [2.24, 2.45) is 0 Å². The van der Waals surface area contributed by atoms with Gasteiger partial charge in [-0.25, -0.2) is 4.57 Å². The second-order valence-electron chi connectivity index (χ2n) is 1.82. The first-order valence-corrected chi connectivity index (χ1v) is 6.43. The fraction of sp³-hybridized carbons (Fsp3) is 0.333. The van der Waals surface area contributed by atoms with Gasteiger partial charge in [-0.15, -0.1) is 0 Å². The van der Waals surface area contributed by atoms with E-state index >= 15 is 0 Å². The molecule has 0 amide bonds. The zero-order valence-electron chi connectivity index (χ0n) is 6.53. The average molecular weight is 265 g/mol. The Morgan fingerprint density at radius 2 is 1.46 bits per heavy atom. The first kappa shape index (κ1) is 13.5. The molecule has 0 fully saturated rings. The van der Waals surface area contributed by atoms with Crippen LogP contribution >= 0.6 is 41.4 Å². The van der Waals surface area contributed by atoms with Crippen molar-refractivity contribution in [3.05, 3.63) is 25.3 Å². The lowest BCUT2D eigenvalue weighted by atomic mass is 10.7. The molecule has 0 aromatic heterocycles. The van der Waals surface area contributed by atoms with Gasteiger partial charge in [0.1, 0.15) is 0 Å². The van der Waals surface area contributed by atoms with Crippen LogP contribution in [0.5, 0.6) is 0 Å². The van der Waals surface area contributed by atoms with Crippen molar-refractivity contribution in [3.8, 4) is 0 Å². The van der Waals surface area contributed by atoms with E-state index in [0.717, 1.165) is 0 Å². The summed E-state index contributed by atoms with van der Waals surface area (Å²) in [5.74, 6) is 0. The first-order valence-electron chi connectivity index (χ1n) is 3.11. The summed E-state index contributed by atoms with van der Waals surface area (Å²) < 4.78 is 20.4. The van der Waals surface area contributed by atoms with E-state index in [2.05, 4.69) is 22.2 Å². The van der Waals surface area contributed by atoms with Crippen molar-refractivity contribution in [2.45, 2.75) is 11.1 Å². The van der Waals surface area contributed by atoms with Gasteiger partial charge in [0.15, 0.2) is 11.1 Å². The lowest BCUT2D eigenvalue weighted by molar-refractivity contribution is 0.223. The number of hydrogen-bond donors (Lipinski definition) is 0. The van der Waals surface area contributed by atoms with Crippen molar-refractivity contribution < 1.29 is 13.6 Å². The lowest BCUT2D eigenvalue weighted by Crippen LogP contribution is -2.02. The maximum absolute atomic E-state index is 11.2. The Balaban J connectivity index is 4.15. The smallest absolute Gasteiger partial charge is 0.273 e. The van der Waals surface area contributed by atoms with Gasteiger partial charge < -0.3 is 0 Å². The monoisotopic (exact) mass is 264 g/mol. The molecule has 0 saturated carbocycles. The van der Waals surface area contributed by atoms with Crippen molar-refractivity contribution in [2.75, 3.05) is 0 Å². The van der Waals surface area contributed by atoms with Gasteiger partial charge in [-0.1, -0.05) is 36.4 Å². The highest BCUT2D eigenvalue weighted by Gasteiger charge is 2.26. The summed E-state index contributed by atoms with van der Waals surface area (Å²) in [6.07, 6.45) is 2.41. The quantitative estimate of drug-likeness (QED) is 0.415. The third-order valence-corrected chi connectivity index (χ3v) is 3.04. The first-order chi connectivity index (χ1) is 5.91. The van der Waals surface area contributed by atoms with Crippen LogP contribution in [-0.2, 0) is 13.6 Å². The highest BCUT2D eigenvalue weighted by Crippen LogP contribution is 2.56. The van der Waals surface area contributed by atoms with Crippen LogP contribution in [0.1, 0.15) is 0 Å². The summed E-state index contributed by atoms with van der Waals surface area (Å²) >= 11 is 16.2. The van der Waals surface area contributed by atoms with E-state index in [9.17, 15) is 4.57 Å². The fourth-order valence-electron chi connectivity index (χ4n) is 0.351. The molecule has 7 heteroatoms. The van der Waals surface area contributed by atoms with Crippen LogP contribution in [0, 0.1) is 0 Å². The SMILES string of the molecule is C=CC(Cl)OP(=O)(Cl)OC(Cl)C=C. The Bertz CT molecular complexity index is 213. The summed E-state index contributed by atoms with van der Waals surface area (Å²) in [4.78, 5) is 0. The molecule has 0 aliphatic rings. The Morgan fingerprint density at radius 1 is 1.15 bits per heavy atom. The second kappa shape index (κ2) is 6.07. The summed E-state index contributed by atoms with van der Waals surface area (Å²) in [5, 5.41) is 0. The normalized spacial score (nSPS) is 19.9. The van der Waals surface area contributed by atoms with Crippen LogP contribution in [0.4, 0.5) is 0 Å². The summed E-state index contributed by atoms with van der Waals surface area (Å²) in [5.41, 5.74) is -1.98. The van der Waals surface area contributed by atoms with E-state index in [1.54, 1.807) is 0 Å². The van der Waals surface area contributed by atoms with Crippen LogP contribution in [0.15, 0.2) is 25.3 Å². The van der Waals surface area contributed by atoms with Gasteiger partial charge in [0.05, 0.1) is 0 Å². The Hall–Kier alpha value is 0.500. The largest absolute Gasteiger partial charge is 0.427 e. The number of halogens is 3. The van der Waals surface area contributed by atoms with Crippen molar-refractivity contribution in [1.29, 1.82) is 0 Å². The molecule has 0 saturated heterocycles.